The number of aromatic nitrogens is 1. The minimum atomic E-state index is -1.31. The second kappa shape index (κ2) is 14.7. The monoisotopic (exact) mass is 533 g/mol. The van der Waals surface area contributed by atoms with Crippen LogP contribution in [-0.2, 0) is 32.0 Å². The number of amides is 2. The predicted octanol–water partition coefficient (Wildman–Crippen LogP) is 1.49. The third-order valence-electron chi connectivity index (χ3n) is 6.36. The molecule has 10 nitrogen and oxygen atoms in total. The molecule has 0 spiro atoms. The minimum absolute atomic E-state index is 0.0703. The van der Waals surface area contributed by atoms with Crippen LogP contribution in [0.15, 0.2) is 66.9 Å². The Balaban J connectivity index is 1.76. The summed E-state index contributed by atoms with van der Waals surface area (Å²) in [5.74, 6) is -2.73. The Bertz CT molecular complexity index is 1280. The van der Waals surface area contributed by atoms with Gasteiger partial charge in [-0.1, -0.05) is 48.5 Å². The number of carboxylic acid groups (broad SMARTS) is 1. The Hall–Kier alpha value is -4.15. The fourth-order valence-electron chi connectivity index (χ4n) is 4.23. The maximum atomic E-state index is 13.5. The molecule has 206 valence electrons. The zero-order valence-electron chi connectivity index (χ0n) is 21.7. The fourth-order valence-corrected chi connectivity index (χ4v) is 4.23. The fraction of sp³-hybridized carbons (Fsp3) is 0.345. The number of nitrogens with two attached hydrogens (primary N) is 2. The number of aryl methyl sites for hydroxylation is 1. The van der Waals surface area contributed by atoms with E-state index < -0.39 is 42.3 Å². The third kappa shape index (κ3) is 9.27. The number of ketones is 1. The topological polar surface area (TPSA) is 178 Å². The maximum absolute atomic E-state index is 13.5. The largest absolute Gasteiger partial charge is 0.481 e. The molecule has 3 aromatic rings. The number of nitrogens with zero attached hydrogens (tertiary/aromatic N) is 1. The molecular formula is C29H35N5O5. The van der Waals surface area contributed by atoms with Crippen LogP contribution < -0.4 is 22.1 Å². The average Bonchev–Trinajstić information content (AvgIpc) is 2.93. The predicted molar refractivity (Wildman–Crippen MR) is 148 cm³/mol. The third-order valence-corrected chi connectivity index (χ3v) is 6.36. The molecular weight excluding hydrogens is 498 g/mol. The zero-order chi connectivity index (χ0) is 28.2. The summed E-state index contributed by atoms with van der Waals surface area (Å²) in [5.41, 5.74) is 13.9. The summed E-state index contributed by atoms with van der Waals surface area (Å²) in [6.07, 6.45) is 2.70. The van der Waals surface area contributed by atoms with Gasteiger partial charge in [0.15, 0.2) is 5.78 Å². The van der Waals surface area contributed by atoms with Crippen molar-refractivity contribution < 1.29 is 24.3 Å². The van der Waals surface area contributed by atoms with Crippen molar-refractivity contribution in [2.75, 3.05) is 6.54 Å². The first-order valence-corrected chi connectivity index (χ1v) is 12.9. The van der Waals surface area contributed by atoms with E-state index in [-0.39, 0.29) is 25.2 Å². The van der Waals surface area contributed by atoms with E-state index in [1.54, 1.807) is 6.20 Å². The number of hydrogen-bond acceptors (Lipinski definition) is 7. The molecule has 0 aliphatic heterocycles. The first-order valence-electron chi connectivity index (χ1n) is 12.9. The number of Topliss-reactive ketones (excluding diaryl/α,β-unsaturated/α-hetero) is 1. The number of para-hydroxylation sites is 1. The van der Waals surface area contributed by atoms with Crippen LogP contribution in [0.4, 0.5) is 0 Å². The normalized spacial score (nSPS) is 13.3. The number of benzene rings is 2. The van der Waals surface area contributed by atoms with E-state index in [1.165, 1.54) is 0 Å². The Morgan fingerprint density at radius 1 is 0.872 bits per heavy atom. The molecule has 0 unspecified atom stereocenters. The molecule has 0 aliphatic carbocycles. The van der Waals surface area contributed by atoms with Gasteiger partial charge in [0.2, 0.25) is 11.8 Å². The van der Waals surface area contributed by atoms with E-state index in [0.29, 0.717) is 19.3 Å². The van der Waals surface area contributed by atoms with Crippen molar-refractivity contribution in [3.63, 3.8) is 0 Å². The number of carboxylic acids is 1. The first kappa shape index (κ1) is 29.4. The minimum Gasteiger partial charge on any atom is -0.481 e. The average molecular weight is 534 g/mol. The SMILES string of the molecule is NCCC[C@H](NC(=O)[C@@H](N)CC(=O)O)C(=O)N[C@H](CCc1ccccc1)C(=O)Cc1cnc2ccccc2c1. The molecule has 2 amide bonds. The zero-order valence-corrected chi connectivity index (χ0v) is 21.7. The lowest BCUT2D eigenvalue weighted by molar-refractivity contribution is -0.139. The van der Waals surface area contributed by atoms with Gasteiger partial charge >= 0.3 is 5.97 Å². The number of carbonyl (C=O) groups excluding carboxylic acids is 3. The Morgan fingerprint density at radius 3 is 2.28 bits per heavy atom. The quantitative estimate of drug-likeness (QED) is 0.195. The number of pyridine rings is 1. The molecule has 7 N–H and O–H groups in total. The van der Waals surface area contributed by atoms with Gasteiger partial charge < -0.3 is 27.2 Å². The van der Waals surface area contributed by atoms with Gasteiger partial charge in [0, 0.05) is 18.0 Å². The van der Waals surface area contributed by atoms with Crippen molar-refractivity contribution in [1.29, 1.82) is 0 Å². The molecule has 1 heterocycles. The van der Waals surface area contributed by atoms with Gasteiger partial charge in [-0.3, -0.25) is 24.2 Å². The van der Waals surface area contributed by atoms with E-state index in [4.69, 9.17) is 16.6 Å². The van der Waals surface area contributed by atoms with E-state index in [1.807, 2.05) is 60.7 Å². The van der Waals surface area contributed by atoms with Crippen molar-refractivity contribution in [2.24, 2.45) is 11.5 Å². The molecule has 1 aromatic heterocycles. The molecule has 10 heteroatoms. The molecule has 0 saturated carbocycles. The van der Waals surface area contributed by atoms with E-state index in [0.717, 1.165) is 22.0 Å². The molecule has 0 aliphatic rings. The lowest BCUT2D eigenvalue weighted by Crippen LogP contribution is -2.55. The standard InChI is InChI=1S/C29H35N5O5/c30-14-6-11-25(34-28(38)22(31)17-27(36)37)29(39)33-24(13-12-19-7-2-1-3-8-19)26(35)16-20-15-21-9-4-5-10-23(21)32-18-20/h1-5,7-10,15,18,22,24-25H,6,11-14,16-17,30-31H2,(H,33,39)(H,34,38)(H,36,37)/t22-,24+,25-/m0/s1. The van der Waals surface area contributed by atoms with Crippen LogP contribution in [0.1, 0.15) is 36.8 Å². The highest BCUT2D eigenvalue weighted by molar-refractivity contribution is 5.95. The van der Waals surface area contributed by atoms with Crippen LogP contribution in [0.2, 0.25) is 0 Å². The van der Waals surface area contributed by atoms with Crippen molar-refractivity contribution >= 4 is 34.5 Å². The Morgan fingerprint density at radius 2 is 1.56 bits per heavy atom. The molecule has 0 saturated heterocycles. The molecule has 2 aromatic carbocycles. The number of nitrogens with one attached hydrogen (secondary N) is 2. The van der Waals surface area contributed by atoms with Crippen LogP contribution in [0.3, 0.4) is 0 Å². The van der Waals surface area contributed by atoms with Crippen molar-refractivity contribution in [3.05, 3.63) is 78.0 Å². The first-order chi connectivity index (χ1) is 18.8. The lowest BCUT2D eigenvalue weighted by Gasteiger charge is -2.24. The van der Waals surface area contributed by atoms with Gasteiger partial charge in [-0.15, -0.1) is 0 Å². The van der Waals surface area contributed by atoms with Crippen molar-refractivity contribution in [1.82, 2.24) is 15.6 Å². The Kier molecular flexibility index (Phi) is 11.1. The summed E-state index contributed by atoms with van der Waals surface area (Å²) in [7, 11) is 0. The summed E-state index contributed by atoms with van der Waals surface area (Å²) in [6, 6.07) is 16.0. The Labute approximate surface area is 227 Å². The van der Waals surface area contributed by atoms with Crippen LogP contribution in [0, 0.1) is 0 Å². The van der Waals surface area contributed by atoms with Crippen LogP contribution in [0.5, 0.6) is 0 Å². The number of aliphatic carboxylic acids is 1. The molecule has 3 atom stereocenters. The second-order valence-corrected chi connectivity index (χ2v) is 9.46. The van der Waals surface area contributed by atoms with Gasteiger partial charge in [-0.05, 0) is 55.5 Å². The molecule has 0 bridgehead atoms. The van der Waals surface area contributed by atoms with Crippen LogP contribution in [-0.4, -0.2) is 58.3 Å². The van der Waals surface area contributed by atoms with Crippen molar-refractivity contribution in [2.45, 2.75) is 56.7 Å². The van der Waals surface area contributed by atoms with Crippen molar-refractivity contribution in [3.8, 4) is 0 Å². The van der Waals surface area contributed by atoms with Gasteiger partial charge in [-0.25, -0.2) is 0 Å². The smallest absolute Gasteiger partial charge is 0.305 e. The second-order valence-electron chi connectivity index (χ2n) is 9.46. The van der Waals surface area contributed by atoms with E-state index >= 15 is 0 Å². The summed E-state index contributed by atoms with van der Waals surface area (Å²) in [6.45, 7) is 0.284. The number of fused-ring (bicyclic) bond motifs is 1. The highest BCUT2D eigenvalue weighted by Gasteiger charge is 2.28. The maximum Gasteiger partial charge on any atom is 0.305 e. The van der Waals surface area contributed by atoms with Crippen LogP contribution in [0.25, 0.3) is 10.9 Å². The van der Waals surface area contributed by atoms with Gasteiger partial charge in [0.05, 0.1) is 24.0 Å². The molecule has 0 radical (unpaired) electrons. The number of hydrogen-bond donors (Lipinski definition) is 5. The molecule has 0 fully saturated rings. The molecule has 3 rings (SSSR count). The highest BCUT2D eigenvalue weighted by atomic mass is 16.4. The molecule has 39 heavy (non-hydrogen) atoms. The van der Waals surface area contributed by atoms with E-state index in [9.17, 15) is 19.2 Å². The van der Waals surface area contributed by atoms with E-state index in [2.05, 4.69) is 15.6 Å². The highest BCUT2D eigenvalue weighted by Crippen LogP contribution is 2.15. The number of carbonyl (C=O) groups is 4. The summed E-state index contributed by atoms with van der Waals surface area (Å²) in [5, 5.41) is 15.2. The summed E-state index contributed by atoms with van der Waals surface area (Å²) in [4.78, 5) is 54.6. The van der Waals surface area contributed by atoms with Gasteiger partial charge in [-0.2, -0.15) is 0 Å². The lowest BCUT2D eigenvalue weighted by atomic mass is 9.97. The number of rotatable bonds is 15. The summed E-state index contributed by atoms with van der Waals surface area (Å²) >= 11 is 0. The summed E-state index contributed by atoms with van der Waals surface area (Å²) < 4.78 is 0. The van der Waals surface area contributed by atoms with Gasteiger partial charge in [0.1, 0.15) is 6.04 Å². The van der Waals surface area contributed by atoms with Crippen LogP contribution >= 0.6 is 0 Å². The van der Waals surface area contributed by atoms with Gasteiger partial charge in [0.25, 0.3) is 0 Å².